The molecule has 0 spiro atoms. The van der Waals surface area contributed by atoms with Gasteiger partial charge in [0.05, 0.1) is 16.2 Å². The zero-order valence-electron chi connectivity index (χ0n) is 21.2. The number of hydrogen-bond acceptors (Lipinski definition) is 6. The molecule has 1 aromatic rings. The number of urea groups is 1. The first-order valence-corrected chi connectivity index (χ1v) is 13.0. The molecule has 0 aliphatic carbocycles. The summed E-state index contributed by atoms with van der Waals surface area (Å²) in [7, 11) is -3.98. The van der Waals surface area contributed by atoms with E-state index in [0.29, 0.717) is 31.3 Å². The fraction of sp³-hybridized carbons (Fsp3) is 0.522. The molecule has 0 bridgehead atoms. The van der Waals surface area contributed by atoms with Crippen LogP contribution in [0.3, 0.4) is 0 Å². The van der Waals surface area contributed by atoms with Crippen LogP contribution in [0.1, 0.15) is 33.3 Å². The van der Waals surface area contributed by atoms with Crippen LogP contribution in [0.4, 0.5) is 18.0 Å². The van der Waals surface area contributed by atoms with Crippen LogP contribution in [0.2, 0.25) is 0 Å². The highest BCUT2D eigenvalue weighted by atomic mass is 32.2. The molecule has 0 aliphatic heterocycles. The summed E-state index contributed by atoms with van der Waals surface area (Å²) in [6.07, 6.45) is -3.51. The standard InChI is InChI=1S/C19H30F3N3O3S.C4H4O4/c1-5-24(6-2)11-10-23-18(26)25(15(3)4)12-13-29(27,28)17-9-7-8-16(14-17)19(20,21)22;5-3(6)1-2-4(7)8/h7-9,14-15H,5-6,10-13H2,1-4H3,(H,23,26);1-2H,(H,5,6)(H,7,8)/b;2-1-. The molecule has 2 amide bonds. The van der Waals surface area contributed by atoms with E-state index in [9.17, 15) is 36.0 Å². The number of carboxylic acids is 2. The summed E-state index contributed by atoms with van der Waals surface area (Å²) in [4.78, 5) is 34.6. The molecular formula is C23H34F3N3O7S. The number of rotatable bonds is 12. The number of likely N-dealkylation sites (N-methyl/N-ethyl adjacent to an activating group) is 1. The summed E-state index contributed by atoms with van der Waals surface area (Å²) >= 11 is 0. The fourth-order valence-corrected chi connectivity index (χ4v) is 4.17. The van der Waals surface area contributed by atoms with Gasteiger partial charge in [-0.3, -0.25) is 0 Å². The molecule has 10 nitrogen and oxygen atoms in total. The van der Waals surface area contributed by atoms with E-state index in [1.54, 1.807) is 13.8 Å². The summed E-state index contributed by atoms with van der Waals surface area (Å²) in [6, 6.07) is 2.98. The first kappa shape index (κ1) is 33.9. The molecule has 210 valence electrons. The topological polar surface area (TPSA) is 144 Å². The molecule has 0 fully saturated rings. The van der Waals surface area contributed by atoms with Gasteiger partial charge in [0.25, 0.3) is 0 Å². The number of carboxylic acid groups (broad SMARTS) is 2. The number of nitrogens with one attached hydrogen (secondary N) is 1. The lowest BCUT2D eigenvalue weighted by molar-refractivity contribution is -0.137. The van der Waals surface area contributed by atoms with Crippen molar-refractivity contribution < 1.29 is 46.2 Å². The minimum atomic E-state index is -4.62. The van der Waals surface area contributed by atoms with E-state index in [2.05, 4.69) is 10.2 Å². The zero-order valence-corrected chi connectivity index (χ0v) is 22.0. The lowest BCUT2D eigenvalue weighted by atomic mass is 10.2. The minimum absolute atomic E-state index is 0.118. The Kier molecular flexibility index (Phi) is 14.5. The van der Waals surface area contributed by atoms with Crippen molar-refractivity contribution in [3.8, 4) is 0 Å². The smallest absolute Gasteiger partial charge is 0.416 e. The Morgan fingerprint density at radius 2 is 1.57 bits per heavy atom. The van der Waals surface area contributed by atoms with Gasteiger partial charge in [0.2, 0.25) is 0 Å². The Bertz CT molecular complexity index is 1010. The predicted octanol–water partition coefficient (Wildman–Crippen LogP) is 2.95. The Morgan fingerprint density at radius 3 is 2.00 bits per heavy atom. The van der Waals surface area contributed by atoms with Crippen LogP contribution in [0, 0.1) is 0 Å². The first-order valence-electron chi connectivity index (χ1n) is 11.4. The van der Waals surface area contributed by atoms with E-state index in [1.165, 1.54) is 4.90 Å². The average molecular weight is 554 g/mol. The van der Waals surface area contributed by atoms with E-state index >= 15 is 0 Å². The van der Waals surface area contributed by atoms with Crippen molar-refractivity contribution in [1.29, 1.82) is 0 Å². The predicted molar refractivity (Wildman–Crippen MR) is 131 cm³/mol. The Balaban J connectivity index is 0.00000139. The van der Waals surface area contributed by atoms with Crippen LogP contribution >= 0.6 is 0 Å². The first-order chi connectivity index (χ1) is 17.0. The largest absolute Gasteiger partial charge is 0.478 e. The number of halogens is 3. The van der Waals surface area contributed by atoms with E-state index in [-0.39, 0.29) is 12.6 Å². The molecule has 0 radical (unpaired) electrons. The number of benzene rings is 1. The van der Waals surface area contributed by atoms with E-state index in [1.807, 2.05) is 13.8 Å². The molecule has 0 saturated carbocycles. The van der Waals surface area contributed by atoms with E-state index in [4.69, 9.17) is 10.2 Å². The van der Waals surface area contributed by atoms with E-state index in [0.717, 1.165) is 31.3 Å². The number of amides is 2. The van der Waals surface area contributed by atoms with E-state index < -0.39 is 50.2 Å². The Morgan fingerprint density at radius 1 is 1.03 bits per heavy atom. The van der Waals surface area contributed by atoms with Gasteiger partial charge >= 0.3 is 24.1 Å². The summed E-state index contributed by atoms with van der Waals surface area (Å²) in [5, 5.41) is 18.4. The highest BCUT2D eigenvalue weighted by Gasteiger charge is 2.32. The van der Waals surface area contributed by atoms with Gasteiger partial charge in [-0.25, -0.2) is 22.8 Å². The molecule has 0 aromatic heterocycles. The van der Waals surface area contributed by atoms with Crippen LogP contribution in [0.15, 0.2) is 41.3 Å². The van der Waals surface area contributed by atoms with Gasteiger partial charge in [-0.1, -0.05) is 19.9 Å². The number of carbonyl (C=O) groups excluding carboxylic acids is 1. The summed E-state index contributed by atoms with van der Waals surface area (Å²) in [5.41, 5.74) is -1.02. The van der Waals surface area contributed by atoms with Gasteiger partial charge in [-0.05, 0) is 45.1 Å². The normalized spacial score (nSPS) is 11.8. The third-order valence-corrected chi connectivity index (χ3v) is 6.66. The van der Waals surface area contributed by atoms with Gasteiger partial charge in [-0.2, -0.15) is 13.2 Å². The molecule has 1 aromatic carbocycles. The molecule has 37 heavy (non-hydrogen) atoms. The van der Waals surface area contributed by atoms with Gasteiger partial charge in [0.1, 0.15) is 0 Å². The van der Waals surface area contributed by atoms with Gasteiger partial charge in [-0.15, -0.1) is 0 Å². The molecule has 0 aliphatic rings. The van der Waals surface area contributed by atoms with Crippen LogP contribution in [-0.4, -0.2) is 90.9 Å². The molecule has 0 saturated heterocycles. The van der Waals surface area contributed by atoms with Crippen molar-refractivity contribution in [3.05, 3.63) is 42.0 Å². The highest BCUT2D eigenvalue weighted by Crippen LogP contribution is 2.30. The molecule has 3 N–H and O–H groups in total. The van der Waals surface area contributed by atoms with Crippen molar-refractivity contribution in [3.63, 3.8) is 0 Å². The molecule has 0 atom stereocenters. The van der Waals surface area contributed by atoms with Crippen molar-refractivity contribution >= 4 is 27.8 Å². The maximum atomic E-state index is 12.8. The van der Waals surface area contributed by atoms with Crippen molar-refractivity contribution in [2.45, 2.75) is 44.8 Å². The van der Waals surface area contributed by atoms with Gasteiger partial charge in [0, 0.05) is 37.8 Å². The summed E-state index contributed by atoms with van der Waals surface area (Å²) < 4.78 is 63.6. The Hall–Kier alpha value is -3.13. The third-order valence-electron chi connectivity index (χ3n) is 4.97. The third kappa shape index (κ3) is 13.7. The molecule has 0 unspecified atom stereocenters. The molecule has 14 heteroatoms. The van der Waals surface area contributed by atoms with Crippen LogP contribution in [0.5, 0.6) is 0 Å². The van der Waals surface area contributed by atoms with Gasteiger partial charge < -0.3 is 25.3 Å². The Labute approximate surface area is 214 Å². The number of carbonyl (C=O) groups is 3. The number of aliphatic carboxylic acids is 2. The second kappa shape index (κ2) is 15.9. The number of sulfone groups is 1. The number of alkyl halides is 3. The van der Waals surface area contributed by atoms with Crippen LogP contribution < -0.4 is 5.32 Å². The molecule has 0 heterocycles. The van der Waals surface area contributed by atoms with Crippen LogP contribution in [-0.2, 0) is 25.6 Å². The number of nitrogens with zero attached hydrogens (tertiary/aromatic N) is 2. The van der Waals surface area contributed by atoms with Gasteiger partial charge in [0.15, 0.2) is 9.84 Å². The monoisotopic (exact) mass is 553 g/mol. The number of hydrogen-bond donors (Lipinski definition) is 3. The summed E-state index contributed by atoms with van der Waals surface area (Å²) in [5.74, 6) is -2.98. The minimum Gasteiger partial charge on any atom is -0.478 e. The SMILES string of the molecule is CCN(CC)CCNC(=O)N(CCS(=O)(=O)c1cccc(C(F)(F)F)c1)C(C)C.O=C(O)/C=C\C(=O)O. The van der Waals surface area contributed by atoms with Crippen molar-refractivity contribution in [2.24, 2.45) is 0 Å². The zero-order chi connectivity index (χ0) is 28.8. The maximum Gasteiger partial charge on any atom is 0.416 e. The quantitative estimate of drug-likeness (QED) is 0.335. The lowest BCUT2D eigenvalue weighted by Crippen LogP contribution is -2.47. The summed E-state index contributed by atoms with van der Waals surface area (Å²) in [6.45, 7) is 10.2. The highest BCUT2D eigenvalue weighted by molar-refractivity contribution is 7.91. The fourth-order valence-electron chi connectivity index (χ4n) is 2.90. The molecule has 1 rings (SSSR count). The molecular weight excluding hydrogens is 519 g/mol. The average Bonchev–Trinajstić information content (AvgIpc) is 2.80. The maximum absolute atomic E-state index is 12.8. The van der Waals surface area contributed by atoms with Crippen molar-refractivity contribution in [2.75, 3.05) is 38.5 Å². The second-order valence-electron chi connectivity index (χ2n) is 7.90. The second-order valence-corrected chi connectivity index (χ2v) is 10.0. The lowest BCUT2D eigenvalue weighted by Gasteiger charge is -2.27. The van der Waals surface area contributed by atoms with Crippen LogP contribution in [0.25, 0.3) is 0 Å². The van der Waals surface area contributed by atoms with Crippen molar-refractivity contribution in [1.82, 2.24) is 15.1 Å².